The maximum absolute atomic E-state index is 5.82. The summed E-state index contributed by atoms with van der Waals surface area (Å²) in [6.45, 7) is 5.66. The van der Waals surface area contributed by atoms with Crippen LogP contribution in [-0.2, 0) is 13.0 Å². The molecule has 0 radical (unpaired) electrons. The largest absolute Gasteiger partial charge is 0.487 e. The SMILES string of the molecule is CCCN=C(N)Cc1cccc(C)c1.Clc1c2cccc1OC2. The van der Waals surface area contributed by atoms with Crippen LogP contribution in [0.25, 0.3) is 0 Å². The lowest BCUT2D eigenvalue weighted by Gasteiger charge is -2.02. The van der Waals surface area contributed by atoms with E-state index < -0.39 is 0 Å². The molecule has 0 amide bonds. The van der Waals surface area contributed by atoms with Crippen LogP contribution in [0.1, 0.15) is 30.0 Å². The number of hydrogen-bond donors (Lipinski definition) is 1. The minimum absolute atomic E-state index is 0.640. The first-order valence-corrected chi connectivity index (χ1v) is 8.22. The number of nitrogens with two attached hydrogens (primary N) is 1. The van der Waals surface area contributed by atoms with Gasteiger partial charge >= 0.3 is 0 Å². The van der Waals surface area contributed by atoms with Crippen molar-refractivity contribution in [3.63, 3.8) is 0 Å². The second-order valence-electron chi connectivity index (χ2n) is 5.56. The monoisotopic (exact) mass is 330 g/mol. The summed E-state index contributed by atoms with van der Waals surface area (Å²) >= 11 is 5.82. The summed E-state index contributed by atoms with van der Waals surface area (Å²) in [5.41, 5.74) is 9.39. The molecule has 2 aromatic carbocycles. The highest BCUT2D eigenvalue weighted by molar-refractivity contribution is 6.33. The zero-order valence-corrected chi connectivity index (χ0v) is 14.4. The molecule has 3 nitrogen and oxygen atoms in total. The van der Waals surface area contributed by atoms with Crippen molar-refractivity contribution in [2.45, 2.75) is 33.3 Å². The van der Waals surface area contributed by atoms with Gasteiger partial charge in [0.25, 0.3) is 0 Å². The third-order valence-electron chi connectivity index (χ3n) is 3.43. The highest BCUT2D eigenvalue weighted by Crippen LogP contribution is 2.34. The smallest absolute Gasteiger partial charge is 0.138 e. The molecular weight excluding hydrogens is 308 g/mol. The molecule has 2 aromatic rings. The summed E-state index contributed by atoms with van der Waals surface area (Å²) in [4.78, 5) is 4.26. The van der Waals surface area contributed by atoms with Crippen molar-refractivity contribution in [2.75, 3.05) is 6.54 Å². The summed E-state index contributed by atoms with van der Waals surface area (Å²) in [5.74, 6) is 1.55. The molecule has 3 rings (SSSR count). The van der Waals surface area contributed by atoms with E-state index in [2.05, 4.69) is 43.1 Å². The predicted molar refractivity (Wildman–Crippen MR) is 97.4 cm³/mol. The second-order valence-corrected chi connectivity index (χ2v) is 5.93. The Bertz CT molecular complexity index is 661. The molecule has 2 N–H and O–H groups in total. The van der Waals surface area contributed by atoms with Gasteiger partial charge in [0.05, 0.1) is 10.9 Å². The fourth-order valence-corrected chi connectivity index (χ4v) is 2.51. The van der Waals surface area contributed by atoms with Crippen LogP contribution in [0.3, 0.4) is 0 Å². The Balaban J connectivity index is 0.000000182. The van der Waals surface area contributed by atoms with Crippen LogP contribution in [0.4, 0.5) is 0 Å². The molecule has 2 bridgehead atoms. The van der Waals surface area contributed by atoms with Gasteiger partial charge < -0.3 is 10.5 Å². The summed E-state index contributed by atoms with van der Waals surface area (Å²) in [7, 11) is 0. The summed E-state index contributed by atoms with van der Waals surface area (Å²) in [6.07, 6.45) is 1.82. The fraction of sp³-hybridized carbons (Fsp3) is 0.316. The van der Waals surface area contributed by atoms with E-state index in [1.54, 1.807) is 0 Å². The number of ether oxygens (including phenoxy) is 1. The molecule has 1 aliphatic rings. The van der Waals surface area contributed by atoms with Gasteiger partial charge in [-0.1, -0.05) is 60.5 Å². The lowest BCUT2D eigenvalue weighted by Crippen LogP contribution is -2.15. The summed E-state index contributed by atoms with van der Waals surface area (Å²) in [6, 6.07) is 14.2. The Labute approximate surface area is 143 Å². The number of hydrogen-bond acceptors (Lipinski definition) is 2. The van der Waals surface area contributed by atoms with Gasteiger partial charge in [0.1, 0.15) is 12.4 Å². The minimum Gasteiger partial charge on any atom is -0.487 e. The topological polar surface area (TPSA) is 47.6 Å². The van der Waals surface area contributed by atoms with Crippen molar-refractivity contribution in [3.8, 4) is 5.75 Å². The van der Waals surface area contributed by atoms with E-state index >= 15 is 0 Å². The van der Waals surface area contributed by atoms with E-state index in [1.807, 2.05) is 18.2 Å². The van der Waals surface area contributed by atoms with Crippen molar-refractivity contribution in [2.24, 2.45) is 10.7 Å². The predicted octanol–water partition coefficient (Wildman–Crippen LogP) is 4.54. The van der Waals surface area contributed by atoms with Crippen LogP contribution < -0.4 is 10.5 Å². The molecule has 0 aromatic heterocycles. The van der Waals surface area contributed by atoms with E-state index in [1.165, 1.54) is 11.1 Å². The second kappa shape index (κ2) is 8.59. The van der Waals surface area contributed by atoms with Crippen molar-refractivity contribution < 1.29 is 4.74 Å². The number of fused-ring (bicyclic) bond motifs is 2. The maximum Gasteiger partial charge on any atom is 0.138 e. The molecule has 0 aliphatic carbocycles. The Morgan fingerprint density at radius 3 is 2.70 bits per heavy atom. The molecule has 23 heavy (non-hydrogen) atoms. The first-order valence-electron chi connectivity index (χ1n) is 7.84. The van der Waals surface area contributed by atoms with Crippen molar-refractivity contribution in [3.05, 3.63) is 64.2 Å². The molecule has 0 unspecified atom stereocenters. The molecular formula is C19H23ClN2O. The van der Waals surface area contributed by atoms with Crippen molar-refractivity contribution in [1.29, 1.82) is 0 Å². The molecule has 0 spiro atoms. The number of aryl methyl sites for hydroxylation is 1. The van der Waals surface area contributed by atoms with E-state index in [0.717, 1.165) is 41.6 Å². The van der Waals surface area contributed by atoms with Gasteiger partial charge in [0.2, 0.25) is 0 Å². The van der Waals surface area contributed by atoms with Gasteiger partial charge in [0.15, 0.2) is 0 Å². The van der Waals surface area contributed by atoms with Crippen LogP contribution in [-0.4, -0.2) is 12.4 Å². The number of benzene rings is 2. The Morgan fingerprint density at radius 2 is 2.04 bits per heavy atom. The number of nitrogens with zero attached hydrogens (tertiary/aromatic N) is 1. The molecule has 122 valence electrons. The average Bonchev–Trinajstić information content (AvgIpc) is 2.75. The highest BCUT2D eigenvalue weighted by Gasteiger charge is 2.13. The lowest BCUT2D eigenvalue weighted by atomic mass is 10.1. The first-order chi connectivity index (χ1) is 11.1. The van der Waals surface area contributed by atoms with Gasteiger partial charge in [-0.25, -0.2) is 0 Å². The normalized spacial score (nSPS) is 12.4. The third kappa shape index (κ3) is 5.29. The van der Waals surface area contributed by atoms with Gasteiger partial charge in [-0.2, -0.15) is 0 Å². The first kappa shape index (κ1) is 17.4. The lowest BCUT2D eigenvalue weighted by molar-refractivity contribution is 0.328. The number of halogens is 1. The molecule has 0 saturated carbocycles. The van der Waals surface area contributed by atoms with Gasteiger partial charge in [-0.3, -0.25) is 4.99 Å². The molecule has 4 heteroatoms. The summed E-state index contributed by atoms with van der Waals surface area (Å²) in [5, 5.41) is 0.775. The van der Waals surface area contributed by atoms with Crippen LogP contribution in [0.15, 0.2) is 47.5 Å². The van der Waals surface area contributed by atoms with Gasteiger partial charge in [0, 0.05) is 18.5 Å². The molecule has 1 heterocycles. The van der Waals surface area contributed by atoms with Crippen molar-refractivity contribution in [1.82, 2.24) is 0 Å². The van der Waals surface area contributed by atoms with Crippen LogP contribution in [0.2, 0.25) is 5.02 Å². The Morgan fingerprint density at radius 1 is 1.26 bits per heavy atom. The van der Waals surface area contributed by atoms with Crippen LogP contribution >= 0.6 is 11.6 Å². The zero-order chi connectivity index (χ0) is 16.7. The number of aliphatic imine (C=N–C) groups is 1. The highest BCUT2D eigenvalue weighted by atomic mass is 35.5. The molecule has 0 fully saturated rings. The molecule has 1 aliphatic heterocycles. The zero-order valence-electron chi connectivity index (χ0n) is 13.7. The van der Waals surface area contributed by atoms with Crippen molar-refractivity contribution >= 4 is 17.4 Å². The van der Waals surface area contributed by atoms with E-state index in [4.69, 9.17) is 22.1 Å². The minimum atomic E-state index is 0.640. The quantitative estimate of drug-likeness (QED) is 0.661. The van der Waals surface area contributed by atoms with E-state index in [9.17, 15) is 0 Å². The number of amidine groups is 1. The maximum atomic E-state index is 5.82. The molecule has 0 saturated heterocycles. The Hall–Kier alpha value is -2.00. The van der Waals surface area contributed by atoms with Gasteiger partial charge in [-0.15, -0.1) is 0 Å². The van der Waals surface area contributed by atoms with E-state index in [-0.39, 0.29) is 0 Å². The summed E-state index contributed by atoms with van der Waals surface area (Å²) < 4.78 is 5.18. The standard InChI is InChI=1S/C12H18N2.C7H5ClO/c1-3-7-14-12(13)9-11-6-4-5-10(2)8-11;8-7-5-2-1-3-6(7)9-4-5/h4-6,8H,3,7,9H2,1-2H3,(H2,13,14);1-3H,4H2. The Kier molecular flexibility index (Phi) is 6.48. The third-order valence-corrected chi connectivity index (χ3v) is 3.86. The average molecular weight is 331 g/mol. The fourth-order valence-electron chi connectivity index (χ4n) is 2.28. The van der Waals surface area contributed by atoms with Crippen LogP contribution in [0, 0.1) is 6.92 Å². The van der Waals surface area contributed by atoms with Gasteiger partial charge in [-0.05, 0) is 25.0 Å². The van der Waals surface area contributed by atoms with Crippen LogP contribution in [0.5, 0.6) is 5.75 Å². The molecule has 0 atom stereocenters. The number of rotatable bonds is 4. The van der Waals surface area contributed by atoms with E-state index in [0.29, 0.717) is 6.61 Å².